The Morgan fingerprint density at radius 3 is 2.60 bits per heavy atom. The van der Waals surface area contributed by atoms with Gasteiger partial charge in [0.05, 0.1) is 0 Å². The summed E-state index contributed by atoms with van der Waals surface area (Å²) < 4.78 is 0. The standard InChI is InChI=1S/C15H29N3O2/c1-3-4-5-6-7-8-9-14(19)18-11-10-17-12-13(18)15(20)16-2/h13,17H,3-12H2,1-2H3,(H,16,20). The van der Waals surface area contributed by atoms with E-state index in [4.69, 9.17) is 0 Å². The van der Waals surface area contributed by atoms with Gasteiger partial charge in [-0.15, -0.1) is 0 Å². The molecule has 1 saturated heterocycles. The normalized spacial score (nSPS) is 18.9. The van der Waals surface area contributed by atoms with E-state index in [1.54, 1.807) is 11.9 Å². The highest BCUT2D eigenvalue weighted by Crippen LogP contribution is 2.11. The number of piperazine rings is 1. The minimum absolute atomic E-state index is 0.0755. The molecular formula is C15H29N3O2. The van der Waals surface area contributed by atoms with E-state index in [-0.39, 0.29) is 17.9 Å². The molecule has 116 valence electrons. The molecule has 20 heavy (non-hydrogen) atoms. The first kappa shape index (κ1) is 17.0. The van der Waals surface area contributed by atoms with Gasteiger partial charge in [-0.05, 0) is 6.42 Å². The van der Waals surface area contributed by atoms with Crippen molar-refractivity contribution in [3.05, 3.63) is 0 Å². The summed E-state index contributed by atoms with van der Waals surface area (Å²) in [6, 6.07) is -0.346. The number of carbonyl (C=O) groups excluding carboxylic acids is 2. The van der Waals surface area contributed by atoms with Crippen LogP contribution in [0.4, 0.5) is 0 Å². The van der Waals surface area contributed by atoms with Crippen LogP contribution in [-0.4, -0.2) is 49.4 Å². The Kier molecular flexibility index (Phi) is 8.26. The lowest BCUT2D eigenvalue weighted by Gasteiger charge is -2.35. The lowest BCUT2D eigenvalue weighted by atomic mass is 10.1. The van der Waals surface area contributed by atoms with E-state index in [0.717, 1.165) is 19.4 Å². The zero-order valence-electron chi connectivity index (χ0n) is 12.9. The molecule has 1 heterocycles. The largest absolute Gasteiger partial charge is 0.357 e. The Hall–Kier alpha value is -1.10. The first-order chi connectivity index (χ1) is 9.70. The second-order valence-electron chi connectivity index (χ2n) is 5.44. The number of carbonyl (C=O) groups is 2. The molecule has 1 rings (SSSR count). The maximum atomic E-state index is 12.2. The fraction of sp³-hybridized carbons (Fsp3) is 0.867. The Balaban J connectivity index is 2.30. The lowest BCUT2D eigenvalue weighted by molar-refractivity contribution is -0.141. The van der Waals surface area contributed by atoms with Crippen LogP contribution in [0.3, 0.4) is 0 Å². The molecule has 0 bridgehead atoms. The van der Waals surface area contributed by atoms with Gasteiger partial charge in [-0.2, -0.15) is 0 Å². The van der Waals surface area contributed by atoms with E-state index >= 15 is 0 Å². The summed E-state index contributed by atoms with van der Waals surface area (Å²) in [4.78, 5) is 25.8. The van der Waals surface area contributed by atoms with Crippen molar-refractivity contribution in [1.82, 2.24) is 15.5 Å². The summed E-state index contributed by atoms with van der Waals surface area (Å²) in [5.74, 6) is 0.0455. The number of likely N-dealkylation sites (N-methyl/N-ethyl adjacent to an activating group) is 1. The molecule has 0 aromatic rings. The van der Waals surface area contributed by atoms with Crippen molar-refractivity contribution in [2.24, 2.45) is 0 Å². The SMILES string of the molecule is CCCCCCCCC(=O)N1CCNCC1C(=O)NC. The highest BCUT2D eigenvalue weighted by atomic mass is 16.2. The van der Waals surface area contributed by atoms with Crippen LogP contribution >= 0.6 is 0 Å². The van der Waals surface area contributed by atoms with Gasteiger partial charge in [0.15, 0.2) is 0 Å². The number of rotatable bonds is 8. The maximum absolute atomic E-state index is 12.2. The second kappa shape index (κ2) is 9.75. The van der Waals surface area contributed by atoms with Crippen molar-refractivity contribution in [2.45, 2.75) is 57.9 Å². The Morgan fingerprint density at radius 1 is 1.20 bits per heavy atom. The zero-order chi connectivity index (χ0) is 14.8. The fourth-order valence-corrected chi connectivity index (χ4v) is 2.60. The van der Waals surface area contributed by atoms with Crippen molar-refractivity contribution < 1.29 is 9.59 Å². The van der Waals surface area contributed by atoms with Crippen LogP contribution in [0.1, 0.15) is 51.9 Å². The summed E-state index contributed by atoms with van der Waals surface area (Å²) >= 11 is 0. The summed E-state index contributed by atoms with van der Waals surface area (Å²) in [5, 5.41) is 5.81. The molecule has 0 aromatic heterocycles. The first-order valence-corrected chi connectivity index (χ1v) is 7.92. The molecule has 0 saturated carbocycles. The number of unbranched alkanes of at least 4 members (excludes halogenated alkanes) is 5. The second-order valence-corrected chi connectivity index (χ2v) is 5.44. The molecule has 5 heteroatoms. The molecule has 2 N–H and O–H groups in total. The van der Waals surface area contributed by atoms with Gasteiger partial charge in [-0.25, -0.2) is 0 Å². The predicted molar refractivity (Wildman–Crippen MR) is 80.4 cm³/mol. The quantitative estimate of drug-likeness (QED) is 0.660. The fourth-order valence-electron chi connectivity index (χ4n) is 2.60. The van der Waals surface area contributed by atoms with Gasteiger partial charge in [0.2, 0.25) is 11.8 Å². The molecule has 1 unspecified atom stereocenters. The van der Waals surface area contributed by atoms with Crippen molar-refractivity contribution >= 4 is 11.8 Å². The smallest absolute Gasteiger partial charge is 0.243 e. The Morgan fingerprint density at radius 2 is 1.90 bits per heavy atom. The van der Waals surface area contributed by atoms with Crippen LogP contribution in [0.15, 0.2) is 0 Å². The predicted octanol–water partition coefficient (Wildman–Crippen LogP) is 1.28. The molecule has 1 fully saturated rings. The Bertz CT molecular complexity index is 307. The third-order valence-electron chi connectivity index (χ3n) is 3.86. The van der Waals surface area contributed by atoms with Crippen LogP contribution in [-0.2, 0) is 9.59 Å². The van der Waals surface area contributed by atoms with Gasteiger partial charge >= 0.3 is 0 Å². The lowest BCUT2D eigenvalue weighted by Crippen LogP contribution is -2.59. The summed E-state index contributed by atoms with van der Waals surface area (Å²) in [5.41, 5.74) is 0. The molecule has 5 nitrogen and oxygen atoms in total. The number of nitrogens with one attached hydrogen (secondary N) is 2. The van der Waals surface area contributed by atoms with Crippen LogP contribution in [0.5, 0.6) is 0 Å². The number of amides is 2. The average molecular weight is 283 g/mol. The topological polar surface area (TPSA) is 61.4 Å². The van der Waals surface area contributed by atoms with Gasteiger partial charge in [0.25, 0.3) is 0 Å². The van der Waals surface area contributed by atoms with Gasteiger partial charge in [-0.1, -0.05) is 39.0 Å². The van der Waals surface area contributed by atoms with E-state index < -0.39 is 0 Å². The molecule has 0 spiro atoms. The van der Waals surface area contributed by atoms with Gasteiger partial charge in [0.1, 0.15) is 6.04 Å². The summed E-state index contributed by atoms with van der Waals surface area (Å²) in [6.45, 7) is 4.16. The van der Waals surface area contributed by atoms with E-state index in [0.29, 0.717) is 19.5 Å². The van der Waals surface area contributed by atoms with Crippen LogP contribution in [0.2, 0.25) is 0 Å². The molecule has 1 aliphatic heterocycles. The minimum atomic E-state index is -0.346. The highest BCUT2D eigenvalue weighted by Gasteiger charge is 2.30. The van der Waals surface area contributed by atoms with Crippen molar-refractivity contribution in [3.63, 3.8) is 0 Å². The maximum Gasteiger partial charge on any atom is 0.243 e. The molecular weight excluding hydrogens is 254 g/mol. The van der Waals surface area contributed by atoms with Crippen LogP contribution in [0.25, 0.3) is 0 Å². The van der Waals surface area contributed by atoms with Crippen LogP contribution in [0, 0.1) is 0 Å². The molecule has 2 amide bonds. The van der Waals surface area contributed by atoms with Crippen molar-refractivity contribution in [1.29, 1.82) is 0 Å². The van der Waals surface area contributed by atoms with Crippen molar-refractivity contribution in [3.8, 4) is 0 Å². The summed E-state index contributed by atoms with van der Waals surface area (Å²) in [6.07, 6.45) is 7.62. The van der Waals surface area contributed by atoms with Crippen LogP contribution < -0.4 is 10.6 Å². The molecule has 0 aliphatic carbocycles. The highest BCUT2D eigenvalue weighted by molar-refractivity contribution is 5.88. The molecule has 1 aliphatic rings. The summed E-state index contributed by atoms with van der Waals surface area (Å²) in [7, 11) is 1.62. The molecule has 0 radical (unpaired) electrons. The zero-order valence-corrected chi connectivity index (χ0v) is 12.9. The van der Waals surface area contributed by atoms with E-state index in [2.05, 4.69) is 17.6 Å². The number of hydrogen-bond donors (Lipinski definition) is 2. The minimum Gasteiger partial charge on any atom is -0.357 e. The first-order valence-electron chi connectivity index (χ1n) is 7.92. The van der Waals surface area contributed by atoms with Gasteiger partial charge in [0, 0.05) is 33.1 Å². The molecule has 1 atom stereocenters. The number of hydrogen-bond acceptors (Lipinski definition) is 3. The van der Waals surface area contributed by atoms with Crippen molar-refractivity contribution in [2.75, 3.05) is 26.7 Å². The average Bonchev–Trinajstić information content (AvgIpc) is 2.49. The van der Waals surface area contributed by atoms with E-state index in [1.807, 2.05) is 0 Å². The van der Waals surface area contributed by atoms with E-state index in [1.165, 1.54) is 25.7 Å². The van der Waals surface area contributed by atoms with Gasteiger partial charge in [-0.3, -0.25) is 9.59 Å². The van der Waals surface area contributed by atoms with E-state index in [9.17, 15) is 9.59 Å². The van der Waals surface area contributed by atoms with Gasteiger partial charge < -0.3 is 15.5 Å². The number of nitrogens with zero attached hydrogens (tertiary/aromatic N) is 1. The third kappa shape index (κ3) is 5.49. The Labute approximate surface area is 122 Å². The monoisotopic (exact) mass is 283 g/mol. The third-order valence-corrected chi connectivity index (χ3v) is 3.86. The molecule has 0 aromatic carbocycles.